The van der Waals surface area contributed by atoms with Crippen molar-refractivity contribution in [1.82, 2.24) is 14.9 Å². The largest absolute Gasteiger partial charge is 0.335 e. The Morgan fingerprint density at radius 3 is 2.52 bits per heavy atom. The standard InChI is InChI=1S/C17H14ClF2N5OS/c1-9(16(26)22-14-7-6-12(20)8-13(14)18)27-17-24-23-15(25(17)21)10-2-4-11(19)5-3-10/h2-9H,21H2,1H3,(H,22,26)/t9-/m0/s1. The van der Waals surface area contributed by atoms with Gasteiger partial charge in [-0.2, -0.15) is 0 Å². The van der Waals surface area contributed by atoms with Gasteiger partial charge < -0.3 is 11.2 Å². The summed E-state index contributed by atoms with van der Waals surface area (Å²) in [6.45, 7) is 1.66. The van der Waals surface area contributed by atoms with E-state index in [1.54, 1.807) is 6.92 Å². The molecule has 0 saturated carbocycles. The summed E-state index contributed by atoms with van der Waals surface area (Å²) in [4.78, 5) is 12.4. The quantitative estimate of drug-likeness (QED) is 0.495. The van der Waals surface area contributed by atoms with Gasteiger partial charge in [0.25, 0.3) is 0 Å². The lowest BCUT2D eigenvalue weighted by molar-refractivity contribution is -0.115. The predicted octanol–water partition coefficient (Wildman–Crippen LogP) is 3.71. The molecule has 0 bridgehead atoms. The summed E-state index contributed by atoms with van der Waals surface area (Å²) in [6, 6.07) is 9.34. The highest BCUT2D eigenvalue weighted by molar-refractivity contribution is 8.00. The lowest BCUT2D eigenvalue weighted by Crippen LogP contribution is -2.23. The fourth-order valence-electron chi connectivity index (χ4n) is 2.19. The highest BCUT2D eigenvalue weighted by atomic mass is 35.5. The summed E-state index contributed by atoms with van der Waals surface area (Å²) in [5, 5.41) is 10.4. The van der Waals surface area contributed by atoms with Crippen LogP contribution in [0.5, 0.6) is 0 Å². The number of carbonyl (C=O) groups is 1. The number of amides is 1. The van der Waals surface area contributed by atoms with Crippen molar-refractivity contribution >= 4 is 35.0 Å². The number of halogens is 3. The van der Waals surface area contributed by atoms with Crippen LogP contribution in [0.25, 0.3) is 11.4 Å². The van der Waals surface area contributed by atoms with Gasteiger partial charge in [0.1, 0.15) is 11.6 Å². The highest BCUT2D eigenvalue weighted by Crippen LogP contribution is 2.27. The molecule has 10 heteroatoms. The molecule has 1 amide bonds. The van der Waals surface area contributed by atoms with Crippen LogP contribution in [0.15, 0.2) is 47.6 Å². The van der Waals surface area contributed by atoms with E-state index in [-0.39, 0.29) is 16.7 Å². The van der Waals surface area contributed by atoms with E-state index in [2.05, 4.69) is 15.5 Å². The first-order valence-corrected chi connectivity index (χ1v) is 9.00. The summed E-state index contributed by atoms with van der Waals surface area (Å²) in [5.74, 6) is 5.11. The van der Waals surface area contributed by atoms with Crippen molar-refractivity contribution in [2.24, 2.45) is 0 Å². The monoisotopic (exact) mass is 409 g/mol. The van der Waals surface area contributed by atoms with Gasteiger partial charge in [-0.05, 0) is 49.4 Å². The van der Waals surface area contributed by atoms with Crippen molar-refractivity contribution in [3.63, 3.8) is 0 Å². The van der Waals surface area contributed by atoms with E-state index < -0.39 is 11.1 Å². The average Bonchev–Trinajstić information content (AvgIpc) is 2.98. The van der Waals surface area contributed by atoms with Crippen LogP contribution in [0.4, 0.5) is 14.5 Å². The molecule has 140 valence electrons. The molecule has 27 heavy (non-hydrogen) atoms. The Morgan fingerprint density at radius 2 is 1.85 bits per heavy atom. The summed E-state index contributed by atoms with van der Waals surface area (Å²) in [6.07, 6.45) is 0. The van der Waals surface area contributed by atoms with E-state index in [1.165, 1.54) is 41.1 Å². The zero-order chi connectivity index (χ0) is 19.6. The van der Waals surface area contributed by atoms with E-state index in [4.69, 9.17) is 17.4 Å². The fourth-order valence-corrected chi connectivity index (χ4v) is 3.17. The summed E-state index contributed by atoms with van der Waals surface area (Å²) >= 11 is 7.00. The molecule has 2 aromatic carbocycles. The van der Waals surface area contributed by atoms with Crippen molar-refractivity contribution in [2.75, 3.05) is 11.2 Å². The number of nitrogens with two attached hydrogens (primary N) is 1. The minimum Gasteiger partial charge on any atom is -0.335 e. The van der Waals surface area contributed by atoms with Crippen LogP contribution in [0, 0.1) is 11.6 Å². The van der Waals surface area contributed by atoms with Crippen LogP contribution in [0.2, 0.25) is 5.02 Å². The van der Waals surface area contributed by atoms with E-state index in [0.29, 0.717) is 22.2 Å². The number of nitrogen functional groups attached to an aromatic ring is 1. The maximum atomic E-state index is 13.1. The number of benzene rings is 2. The number of thioether (sulfide) groups is 1. The molecule has 0 fully saturated rings. The first kappa shape index (κ1) is 19.1. The van der Waals surface area contributed by atoms with Crippen molar-refractivity contribution in [1.29, 1.82) is 0 Å². The van der Waals surface area contributed by atoms with E-state index in [0.717, 1.165) is 17.8 Å². The van der Waals surface area contributed by atoms with E-state index in [1.807, 2.05) is 0 Å². The molecule has 1 atom stereocenters. The van der Waals surface area contributed by atoms with Crippen molar-refractivity contribution in [3.05, 3.63) is 59.1 Å². The normalized spacial score (nSPS) is 12.0. The maximum Gasteiger partial charge on any atom is 0.237 e. The number of hydrogen-bond donors (Lipinski definition) is 2. The maximum absolute atomic E-state index is 13.1. The summed E-state index contributed by atoms with van der Waals surface area (Å²) < 4.78 is 27.4. The second-order valence-electron chi connectivity index (χ2n) is 5.56. The minimum atomic E-state index is -0.585. The molecule has 0 saturated heterocycles. The average molecular weight is 410 g/mol. The number of anilines is 1. The number of rotatable bonds is 5. The number of carbonyl (C=O) groups excluding carboxylic acids is 1. The second-order valence-corrected chi connectivity index (χ2v) is 7.27. The van der Waals surface area contributed by atoms with Crippen LogP contribution in [-0.2, 0) is 4.79 Å². The van der Waals surface area contributed by atoms with Gasteiger partial charge in [-0.25, -0.2) is 13.5 Å². The molecule has 1 heterocycles. The fraction of sp³-hybridized carbons (Fsp3) is 0.118. The third-order valence-corrected chi connectivity index (χ3v) is 4.98. The van der Waals surface area contributed by atoms with E-state index >= 15 is 0 Å². The molecule has 0 aliphatic rings. The van der Waals surface area contributed by atoms with Crippen LogP contribution >= 0.6 is 23.4 Å². The summed E-state index contributed by atoms with van der Waals surface area (Å²) in [5.41, 5.74) is 0.894. The second kappa shape index (κ2) is 7.93. The SMILES string of the molecule is C[C@H](Sc1nnc(-c2ccc(F)cc2)n1N)C(=O)Nc1ccc(F)cc1Cl. The van der Waals surface area contributed by atoms with Gasteiger partial charge in [-0.15, -0.1) is 10.2 Å². The first-order valence-electron chi connectivity index (χ1n) is 7.74. The molecule has 0 aliphatic carbocycles. The summed E-state index contributed by atoms with van der Waals surface area (Å²) in [7, 11) is 0. The molecule has 0 radical (unpaired) electrons. The minimum absolute atomic E-state index is 0.0983. The van der Waals surface area contributed by atoms with Crippen LogP contribution in [0.3, 0.4) is 0 Å². The molecule has 0 aliphatic heterocycles. The Balaban J connectivity index is 1.71. The smallest absolute Gasteiger partial charge is 0.237 e. The molecular weight excluding hydrogens is 396 g/mol. The molecule has 3 rings (SSSR count). The number of nitrogens with zero attached hydrogens (tertiary/aromatic N) is 3. The van der Waals surface area contributed by atoms with Gasteiger partial charge in [0.2, 0.25) is 11.1 Å². The predicted molar refractivity (Wildman–Crippen MR) is 101 cm³/mol. The zero-order valence-electron chi connectivity index (χ0n) is 14.0. The van der Waals surface area contributed by atoms with Gasteiger partial charge in [-0.1, -0.05) is 23.4 Å². The Kier molecular flexibility index (Phi) is 5.62. The molecular formula is C17H14ClF2N5OS. The molecule has 3 N–H and O–H groups in total. The van der Waals surface area contributed by atoms with Gasteiger partial charge in [0.05, 0.1) is 16.0 Å². The Morgan fingerprint density at radius 1 is 1.19 bits per heavy atom. The Labute approximate surface area is 162 Å². The lowest BCUT2D eigenvalue weighted by Gasteiger charge is -2.12. The molecule has 0 spiro atoms. The topological polar surface area (TPSA) is 85.8 Å². The van der Waals surface area contributed by atoms with Gasteiger partial charge in [0.15, 0.2) is 5.82 Å². The Bertz CT molecular complexity index is 980. The molecule has 3 aromatic rings. The number of aromatic nitrogens is 3. The lowest BCUT2D eigenvalue weighted by atomic mass is 10.2. The third kappa shape index (κ3) is 4.37. The van der Waals surface area contributed by atoms with Crippen molar-refractivity contribution in [2.45, 2.75) is 17.3 Å². The van der Waals surface area contributed by atoms with Crippen LogP contribution in [0.1, 0.15) is 6.92 Å². The van der Waals surface area contributed by atoms with Gasteiger partial charge in [-0.3, -0.25) is 4.79 Å². The zero-order valence-corrected chi connectivity index (χ0v) is 15.6. The van der Waals surface area contributed by atoms with Crippen LogP contribution in [-0.4, -0.2) is 26.0 Å². The highest BCUT2D eigenvalue weighted by Gasteiger charge is 2.20. The van der Waals surface area contributed by atoms with Crippen molar-refractivity contribution < 1.29 is 13.6 Å². The Hall–Kier alpha value is -2.65. The van der Waals surface area contributed by atoms with E-state index in [9.17, 15) is 13.6 Å². The van der Waals surface area contributed by atoms with Gasteiger partial charge in [0, 0.05) is 5.56 Å². The number of hydrogen-bond acceptors (Lipinski definition) is 5. The first-order chi connectivity index (χ1) is 12.8. The van der Waals surface area contributed by atoms with Gasteiger partial charge >= 0.3 is 0 Å². The molecule has 1 aromatic heterocycles. The molecule has 6 nitrogen and oxygen atoms in total. The van der Waals surface area contributed by atoms with Crippen LogP contribution < -0.4 is 11.2 Å². The number of nitrogens with one attached hydrogen (secondary N) is 1. The van der Waals surface area contributed by atoms with Crippen molar-refractivity contribution in [3.8, 4) is 11.4 Å². The molecule has 0 unspecified atom stereocenters. The third-order valence-electron chi connectivity index (χ3n) is 3.61.